The zero-order valence-electron chi connectivity index (χ0n) is 40.8. The molecule has 19 heteroatoms. The fourth-order valence-corrected chi connectivity index (χ4v) is 10.1. The lowest BCUT2D eigenvalue weighted by Crippen LogP contribution is -2.62. The number of carboxylic acid groups (broad SMARTS) is 1. The van der Waals surface area contributed by atoms with Crippen LogP contribution in [-0.2, 0) is 44.6 Å². The van der Waals surface area contributed by atoms with Gasteiger partial charge in [0.25, 0.3) is 0 Å². The van der Waals surface area contributed by atoms with Crippen molar-refractivity contribution in [2.45, 2.75) is 167 Å². The van der Waals surface area contributed by atoms with Crippen LogP contribution in [0.1, 0.15) is 93.9 Å². The predicted molar refractivity (Wildman–Crippen MR) is 246 cm³/mol. The van der Waals surface area contributed by atoms with Gasteiger partial charge in [-0.1, -0.05) is 38.1 Å². The Labute approximate surface area is 389 Å². The van der Waals surface area contributed by atoms with Gasteiger partial charge in [-0.15, -0.1) is 5.10 Å². The molecule has 0 aliphatic carbocycles. The molecule has 3 saturated heterocycles. The first kappa shape index (κ1) is 52.7. The summed E-state index contributed by atoms with van der Waals surface area (Å²) in [4.78, 5) is 58.5. The third kappa shape index (κ3) is 12.3. The normalized spacial score (nSPS) is 34.3. The molecular weight excluding hydrogens is 853 g/mol. The Morgan fingerprint density at radius 1 is 1.14 bits per heavy atom. The van der Waals surface area contributed by atoms with Crippen LogP contribution in [0.25, 0.3) is 11.3 Å². The molecule has 66 heavy (non-hydrogen) atoms. The summed E-state index contributed by atoms with van der Waals surface area (Å²) in [5.41, 5.74) is 5.62. The largest absolute Gasteiger partial charge is 0.480 e. The van der Waals surface area contributed by atoms with Crippen molar-refractivity contribution in [3.63, 3.8) is 0 Å². The van der Waals surface area contributed by atoms with Gasteiger partial charge in [-0.25, -0.2) is 4.79 Å². The number of cyclic esters (lactones) is 1. The molecule has 0 bridgehead atoms. The van der Waals surface area contributed by atoms with E-state index in [-0.39, 0.29) is 31.0 Å². The number of likely N-dealkylation sites (N-methyl/N-ethyl adjacent to an activating group) is 1. The molecule has 0 spiro atoms. The highest BCUT2D eigenvalue weighted by Crippen LogP contribution is 2.41. The third-order valence-corrected chi connectivity index (χ3v) is 13.9. The van der Waals surface area contributed by atoms with Crippen LogP contribution in [0.4, 0.5) is 10.5 Å². The zero-order valence-corrected chi connectivity index (χ0v) is 40.8. The quantitative estimate of drug-likeness (QED) is 0.0697. The van der Waals surface area contributed by atoms with E-state index in [1.165, 1.54) is 6.92 Å². The molecular formula is C47H76N8O11. The minimum atomic E-state index is -1.39. The molecule has 1 aromatic heterocycles. The number of hydrogen-bond acceptors (Lipinski definition) is 16. The van der Waals surface area contributed by atoms with Crippen LogP contribution in [0.2, 0.25) is 0 Å². The number of ether oxygens (including phenoxy) is 5. The van der Waals surface area contributed by atoms with Gasteiger partial charge < -0.3 is 55.2 Å². The van der Waals surface area contributed by atoms with Gasteiger partial charge in [0.15, 0.2) is 17.7 Å². The number of methoxy groups -OCH3 is 1. The number of carboxylic acids is 1. The number of anilines is 1. The van der Waals surface area contributed by atoms with Gasteiger partial charge in [-0.2, -0.15) is 0 Å². The number of Topliss-reactive ketones (excluding diaryl/α,β-unsaturated/α-hetero) is 1. The van der Waals surface area contributed by atoms with Gasteiger partial charge in [0.05, 0.1) is 30.0 Å². The topological polar surface area (TPSA) is 242 Å². The molecule has 19 nitrogen and oxygen atoms in total. The smallest absolute Gasteiger partial charge is 0.410 e. The van der Waals surface area contributed by atoms with Crippen LogP contribution in [-0.4, -0.2) is 166 Å². The highest BCUT2D eigenvalue weighted by molar-refractivity contribution is 6.00. The van der Waals surface area contributed by atoms with Crippen molar-refractivity contribution < 1.29 is 53.1 Å². The number of nitrogen functional groups attached to an aromatic ring is 1. The van der Waals surface area contributed by atoms with Crippen LogP contribution in [0.5, 0.6) is 0 Å². The summed E-state index contributed by atoms with van der Waals surface area (Å²) in [5.74, 6) is -4.54. The molecule has 1 amide bonds. The minimum absolute atomic E-state index is 0.137. The standard InChI is InChI=1S/C47H76N8O11/c1-12-37-47(8)40(55(45(61)66-47)21-14-13-20-54-26-35(51-52-54)32-16-15-17-33(48)23-32)34(18-19-49-31(6)42(58)59)50-25-27(2)24-46(7,62-11)41(29(4)38(56)30(5)43(60)64-37)65-44-39(57)36(53(9)10)22-28(3)63-44/h15-17,23,26-31,34,36-37,39-41,44,49-50,57H,12-14,18-22,24-25,48H2,1-11H3,(H,58,59)/t27-,28-,29+,30-,31-,34-,36?,37-,39?,40-,41-,44+,46-,47-/m1/s1. The minimum Gasteiger partial charge on any atom is -0.480 e. The SMILES string of the molecule is CC[C@H]1OC(=O)[C@H](C)C(=O)[C@H](C)[C@@H](O[C@@H]2O[C@H](C)CC(N(C)C)C2O)[C@](C)(OC)C[C@@H](C)CN[C@H](CCN[C@H](C)C(=O)O)[C@H]2N(CCCCn3cc(-c4cccc(N)c4)nn3)C(=O)O[C@]12C. The number of nitrogens with two attached hydrogens (primary N) is 1. The number of aryl methyl sites for hydroxylation is 1. The number of hydrogen-bond donors (Lipinski definition) is 5. The number of aliphatic carboxylic acids is 1. The molecule has 14 atom stereocenters. The average Bonchev–Trinajstić information content (AvgIpc) is 3.85. The second kappa shape index (κ2) is 22.7. The Balaban J connectivity index is 1.47. The molecule has 3 aliphatic rings. The number of ketones is 1. The number of nitrogens with one attached hydrogen (secondary N) is 2. The van der Waals surface area contributed by atoms with Crippen LogP contribution >= 0.6 is 0 Å². The molecule has 2 unspecified atom stereocenters. The fourth-order valence-electron chi connectivity index (χ4n) is 10.1. The van der Waals surface area contributed by atoms with Gasteiger partial charge in [0.2, 0.25) is 0 Å². The first-order chi connectivity index (χ1) is 31.1. The van der Waals surface area contributed by atoms with Gasteiger partial charge >= 0.3 is 18.0 Å². The molecule has 370 valence electrons. The second-order valence-corrected chi connectivity index (χ2v) is 19.4. The van der Waals surface area contributed by atoms with Gasteiger partial charge in [0.1, 0.15) is 29.9 Å². The number of nitrogens with zero attached hydrogens (tertiary/aromatic N) is 5. The lowest BCUT2D eigenvalue weighted by atomic mass is 9.78. The summed E-state index contributed by atoms with van der Waals surface area (Å²) in [6.45, 7) is 15.7. The maximum atomic E-state index is 14.5. The molecule has 3 aliphatic heterocycles. The molecule has 0 saturated carbocycles. The monoisotopic (exact) mass is 929 g/mol. The molecule has 2 aromatic rings. The predicted octanol–water partition coefficient (Wildman–Crippen LogP) is 3.72. The van der Waals surface area contributed by atoms with Crippen molar-refractivity contribution in [2.75, 3.05) is 46.6 Å². The van der Waals surface area contributed by atoms with E-state index in [1.807, 2.05) is 71.1 Å². The number of unbranched alkanes of at least 4 members (excludes halogenated alkanes) is 1. The maximum absolute atomic E-state index is 14.5. The van der Waals surface area contributed by atoms with E-state index in [2.05, 4.69) is 20.9 Å². The van der Waals surface area contributed by atoms with Crippen LogP contribution in [0.3, 0.4) is 0 Å². The summed E-state index contributed by atoms with van der Waals surface area (Å²) < 4.78 is 33.6. The molecule has 4 heterocycles. The van der Waals surface area contributed by atoms with E-state index in [1.54, 1.807) is 43.5 Å². The number of aromatic nitrogens is 3. The number of carbonyl (C=O) groups is 4. The number of carbonyl (C=O) groups excluding carboxylic acids is 3. The van der Waals surface area contributed by atoms with Crippen molar-refractivity contribution in [2.24, 2.45) is 17.8 Å². The number of benzene rings is 1. The summed E-state index contributed by atoms with van der Waals surface area (Å²) in [7, 11) is 5.32. The van der Waals surface area contributed by atoms with Gasteiger partial charge in [0, 0.05) is 49.5 Å². The highest BCUT2D eigenvalue weighted by Gasteiger charge is 2.59. The summed E-state index contributed by atoms with van der Waals surface area (Å²) in [6, 6.07) is 5.11. The Morgan fingerprint density at radius 3 is 2.50 bits per heavy atom. The Bertz CT molecular complexity index is 1950. The fraction of sp³-hybridized carbons (Fsp3) is 0.745. The zero-order chi connectivity index (χ0) is 48.7. The van der Waals surface area contributed by atoms with Crippen molar-refractivity contribution in [3.05, 3.63) is 30.5 Å². The average molecular weight is 929 g/mol. The van der Waals surface area contributed by atoms with Crippen LogP contribution in [0, 0.1) is 17.8 Å². The van der Waals surface area contributed by atoms with E-state index < -0.39 is 89.6 Å². The molecule has 5 rings (SSSR count). The van der Waals surface area contributed by atoms with E-state index in [0.29, 0.717) is 63.1 Å². The molecule has 3 fully saturated rings. The van der Waals surface area contributed by atoms with Gasteiger partial charge in [-0.3, -0.25) is 24.0 Å². The van der Waals surface area contributed by atoms with Crippen LogP contribution < -0.4 is 16.4 Å². The molecule has 1 aromatic carbocycles. The van der Waals surface area contributed by atoms with Gasteiger partial charge in [-0.05, 0) is 118 Å². The Hall–Kier alpha value is -4.24. The number of amides is 1. The van der Waals surface area contributed by atoms with E-state index in [9.17, 15) is 29.4 Å². The third-order valence-electron chi connectivity index (χ3n) is 13.9. The van der Waals surface area contributed by atoms with Crippen molar-refractivity contribution in [1.82, 2.24) is 35.4 Å². The Kier molecular flexibility index (Phi) is 18.1. The molecule has 0 radical (unpaired) electrons. The lowest BCUT2D eigenvalue weighted by molar-refractivity contribution is -0.295. The first-order valence-corrected chi connectivity index (χ1v) is 23.5. The summed E-state index contributed by atoms with van der Waals surface area (Å²) >= 11 is 0. The number of fused-ring (bicyclic) bond motifs is 1. The van der Waals surface area contributed by atoms with Crippen molar-refractivity contribution in [1.29, 1.82) is 0 Å². The van der Waals surface area contributed by atoms with Crippen molar-refractivity contribution >= 4 is 29.5 Å². The maximum Gasteiger partial charge on any atom is 0.410 e. The van der Waals surface area contributed by atoms with E-state index >= 15 is 0 Å². The van der Waals surface area contributed by atoms with E-state index in [0.717, 1.165) is 5.56 Å². The Morgan fingerprint density at radius 2 is 1.85 bits per heavy atom. The second-order valence-electron chi connectivity index (χ2n) is 19.4. The highest BCUT2D eigenvalue weighted by atomic mass is 16.7. The van der Waals surface area contributed by atoms with Crippen molar-refractivity contribution in [3.8, 4) is 11.3 Å². The summed E-state index contributed by atoms with van der Waals surface area (Å²) in [6.07, 6.45) is -0.274. The summed E-state index contributed by atoms with van der Waals surface area (Å²) in [5, 5.41) is 36.7. The lowest BCUT2D eigenvalue weighted by Gasteiger charge is -2.46. The first-order valence-electron chi connectivity index (χ1n) is 23.5. The number of esters is 1. The number of aliphatic hydroxyl groups excluding tert-OH is 1. The van der Waals surface area contributed by atoms with Crippen LogP contribution in [0.15, 0.2) is 30.5 Å². The number of aliphatic hydroxyl groups is 1. The number of rotatable bonds is 16. The van der Waals surface area contributed by atoms with E-state index in [4.69, 9.17) is 29.4 Å². The molecule has 6 N–H and O–H groups in total.